The maximum absolute atomic E-state index is 13.1. The first kappa shape index (κ1) is 18.0. The molecule has 1 fully saturated rings. The summed E-state index contributed by atoms with van der Waals surface area (Å²) in [6, 6.07) is 4.15. The van der Waals surface area contributed by atoms with Gasteiger partial charge in [-0.25, -0.2) is 4.98 Å². The number of imidazole rings is 1. The number of amides is 1. The van der Waals surface area contributed by atoms with Crippen molar-refractivity contribution < 1.29 is 19.1 Å². The Morgan fingerprint density at radius 3 is 2.62 bits per heavy atom. The van der Waals surface area contributed by atoms with Crippen LogP contribution in [0, 0.1) is 5.41 Å². The van der Waals surface area contributed by atoms with Crippen molar-refractivity contribution in [2.75, 3.05) is 19.5 Å². The highest BCUT2D eigenvalue weighted by molar-refractivity contribution is 6.12. The van der Waals surface area contributed by atoms with E-state index in [1.54, 1.807) is 42.3 Å². The molecule has 0 radical (unpaired) electrons. The van der Waals surface area contributed by atoms with Gasteiger partial charge >= 0.3 is 0 Å². The molecule has 1 saturated carbocycles. The highest BCUT2D eigenvalue weighted by Gasteiger charge is 2.52. The van der Waals surface area contributed by atoms with E-state index in [-0.39, 0.29) is 5.78 Å². The lowest BCUT2D eigenvalue weighted by Gasteiger charge is -2.22. The Bertz CT molecular complexity index is 797. The number of aromatic nitrogens is 2. The van der Waals surface area contributed by atoms with E-state index in [0.29, 0.717) is 17.2 Å². The van der Waals surface area contributed by atoms with Gasteiger partial charge < -0.3 is 19.4 Å². The molecule has 0 saturated heterocycles. The number of Topliss-reactive ketones (excluding diaryl/α,β-unsaturated/α-hetero) is 1. The Morgan fingerprint density at radius 2 is 2.08 bits per heavy atom. The highest BCUT2D eigenvalue weighted by Crippen LogP contribution is 2.51. The largest absolute Gasteiger partial charge is 0.497 e. The van der Waals surface area contributed by atoms with E-state index < -0.39 is 17.4 Å². The van der Waals surface area contributed by atoms with Crippen molar-refractivity contribution in [2.45, 2.75) is 32.2 Å². The summed E-state index contributed by atoms with van der Waals surface area (Å²) in [7, 11) is 3.07. The second-order valence-electron chi connectivity index (χ2n) is 6.47. The van der Waals surface area contributed by atoms with Gasteiger partial charge in [0.1, 0.15) is 11.5 Å². The summed E-state index contributed by atoms with van der Waals surface area (Å²) in [6.45, 7) is 1.98. The van der Waals surface area contributed by atoms with Crippen molar-refractivity contribution in [1.29, 1.82) is 0 Å². The number of methoxy groups -OCH3 is 2. The van der Waals surface area contributed by atoms with Crippen LogP contribution in [0.1, 0.15) is 32.2 Å². The van der Waals surface area contributed by atoms with E-state index >= 15 is 0 Å². The number of carbonyl (C=O) groups excluding carboxylic acids is 2. The van der Waals surface area contributed by atoms with E-state index in [1.807, 2.05) is 6.92 Å². The van der Waals surface area contributed by atoms with Gasteiger partial charge in [-0.2, -0.15) is 0 Å². The number of carbonyl (C=O) groups is 2. The minimum Gasteiger partial charge on any atom is -0.497 e. The van der Waals surface area contributed by atoms with Gasteiger partial charge in [0.05, 0.1) is 26.2 Å². The molecule has 1 aromatic heterocycles. The van der Waals surface area contributed by atoms with Crippen molar-refractivity contribution in [3.63, 3.8) is 0 Å². The molecule has 1 N–H and O–H groups in total. The van der Waals surface area contributed by atoms with Gasteiger partial charge in [0.2, 0.25) is 0 Å². The topological polar surface area (TPSA) is 82.5 Å². The Morgan fingerprint density at radius 1 is 1.31 bits per heavy atom. The third kappa shape index (κ3) is 3.29. The van der Waals surface area contributed by atoms with Gasteiger partial charge in [0, 0.05) is 23.9 Å². The second kappa shape index (κ2) is 7.19. The van der Waals surface area contributed by atoms with Crippen LogP contribution >= 0.6 is 0 Å². The second-order valence-corrected chi connectivity index (χ2v) is 6.47. The van der Waals surface area contributed by atoms with Gasteiger partial charge in [0.15, 0.2) is 11.8 Å². The van der Waals surface area contributed by atoms with E-state index in [0.717, 1.165) is 19.3 Å². The molecule has 1 heterocycles. The zero-order chi connectivity index (χ0) is 18.7. The standard InChI is InChI=1S/C19H23N3O4/c1-4-19(7-8-19)17(23)16(22-10-9-20-12-22)18(24)21-14-11-13(25-2)5-6-15(14)26-3/h5-6,9-12,16H,4,7-8H2,1-3H3,(H,21,24). The average Bonchev–Trinajstić information content (AvgIpc) is 3.29. The molecule has 0 bridgehead atoms. The van der Waals surface area contributed by atoms with Crippen LogP contribution in [-0.4, -0.2) is 35.5 Å². The Kier molecular flexibility index (Phi) is 4.97. The van der Waals surface area contributed by atoms with Crippen LogP contribution in [0.3, 0.4) is 0 Å². The molecule has 7 nitrogen and oxygen atoms in total. The summed E-state index contributed by atoms with van der Waals surface area (Å²) in [5, 5.41) is 2.82. The molecule has 0 aliphatic heterocycles. The fourth-order valence-electron chi connectivity index (χ4n) is 3.14. The van der Waals surface area contributed by atoms with Crippen molar-refractivity contribution in [3.8, 4) is 11.5 Å². The lowest BCUT2D eigenvalue weighted by atomic mass is 9.91. The van der Waals surface area contributed by atoms with Gasteiger partial charge in [-0.15, -0.1) is 0 Å². The predicted molar refractivity (Wildman–Crippen MR) is 96.4 cm³/mol. The minimum absolute atomic E-state index is 0.0719. The highest BCUT2D eigenvalue weighted by atomic mass is 16.5. The van der Waals surface area contributed by atoms with Gasteiger partial charge in [-0.1, -0.05) is 6.92 Å². The number of nitrogens with zero attached hydrogens (tertiary/aromatic N) is 2. The van der Waals surface area contributed by atoms with Crippen molar-refractivity contribution in [3.05, 3.63) is 36.9 Å². The lowest BCUT2D eigenvalue weighted by molar-refractivity contribution is -0.134. The smallest absolute Gasteiger partial charge is 0.255 e. The van der Waals surface area contributed by atoms with Crippen LogP contribution in [0.25, 0.3) is 0 Å². The fourth-order valence-corrected chi connectivity index (χ4v) is 3.14. The van der Waals surface area contributed by atoms with Crippen LogP contribution in [0.5, 0.6) is 11.5 Å². The number of hydrogen-bond donors (Lipinski definition) is 1. The molecule has 1 amide bonds. The maximum atomic E-state index is 13.1. The number of anilines is 1. The summed E-state index contributed by atoms with van der Waals surface area (Å²) < 4.78 is 12.1. The molecule has 138 valence electrons. The average molecular weight is 357 g/mol. The molecular formula is C19H23N3O4. The van der Waals surface area contributed by atoms with Crippen LogP contribution < -0.4 is 14.8 Å². The van der Waals surface area contributed by atoms with E-state index in [1.165, 1.54) is 13.4 Å². The van der Waals surface area contributed by atoms with E-state index in [2.05, 4.69) is 10.3 Å². The molecule has 2 aromatic rings. The number of nitrogens with one attached hydrogen (secondary N) is 1. The van der Waals surface area contributed by atoms with Crippen molar-refractivity contribution >= 4 is 17.4 Å². The molecule has 7 heteroatoms. The molecule has 3 rings (SSSR count). The Hall–Kier alpha value is -2.83. The summed E-state index contributed by atoms with van der Waals surface area (Å²) in [6.07, 6.45) is 7.07. The number of ketones is 1. The minimum atomic E-state index is -0.962. The third-order valence-electron chi connectivity index (χ3n) is 5.04. The zero-order valence-corrected chi connectivity index (χ0v) is 15.2. The first-order valence-electron chi connectivity index (χ1n) is 8.59. The molecular weight excluding hydrogens is 334 g/mol. The first-order chi connectivity index (χ1) is 12.5. The SMILES string of the molecule is CCC1(C(=O)C(C(=O)Nc2cc(OC)ccc2OC)n2ccnc2)CC1. The quantitative estimate of drug-likeness (QED) is 0.735. The van der Waals surface area contributed by atoms with Crippen LogP contribution in [-0.2, 0) is 9.59 Å². The van der Waals surface area contributed by atoms with E-state index in [4.69, 9.17) is 9.47 Å². The van der Waals surface area contributed by atoms with Crippen LogP contribution in [0.15, 0.2) is 36.9 Å². The first-order valence-corrected chi connectivity index (χ1v) is 8.59. The molecule has 26 heavy (non-hydrogen) atoms. The summed E-state index contributed by atoms with van der Waals surface area (Å²) in [4.78, 5) is 30.1. The molecule has 0 spiro atoms. The Labute approximate surface area is 152 Å². The Balaban J connectivity index is 1.91. The summed E-state index contributed by atoms with van der Waals surface area (Å²) >= 11 is 0. The number of ether oxygens (including phenoxy) is 2. The summed E-state index contributed by atoms with van der Waals surface area (Å²) in [5.74, 6) is 0.586. The van der Waals surface area contributed by atoms with Crippen molar-refractivity contribution in [1.82, 2.24) is 9.55 Å². The van der Waals surface area contributed by atoms with Crippen molar-refractivity contribution in [2.24, 2.45) is 5.41 Å². The lowest BCUT2D eigenvalue weighted by Crippen LogP contribution is -2.36. The monoisotopic (exact) mass is 357 g/mol. The number of rotatable bonds is 8. The van der Waals surface area contributed by atoms with Gasteiger partial charge in [0.25, 0.3) is 5.91 Å². The number of hydrogen-bond acceptors (Lipinski definition) is 5. The fraction of sp³-hybridized carbons (Fsp3) is 0.421. The normalized spacial score (nSPS) is 15.8. The molecule has 1 aliphatic carbocycles. The third-order valence-corrected chi connectivity index (χ3v) is 5.04. The summed E-state index contributed by atoms with van der Waals surface area (Å²) in [5.41, 5.74) is 0.0567. The predicted octanol–water partition coefficient (Wildman–Crippen LogP) is 2.84. The molecule has 1 atom stereocenters. The maximum Gasteiger partial charge on any atom is 0.255 e. The van der Waals surface area contributed by atoms with E-state index in [9.17, 15) is 9.59 Å². The molecule has 1 aromatic carbocycles. The molecule has 1 unspecified atom stereocenters. The molecule has 1 aliphatic rings. The zero-order valence-electron chi connectivity index (χ0n) is 15.2. The van der Waals surface area contributed by atoms with Crippen LogP contribution in [0.4, 0.5) is 5.69 Å². The van der Waals surface area contributed by atoms with Gasteiger partial charge in [-0.3, -0.25) is 9.59 Å². The van der Waals surface area contributed by atoms with Crippen LogP contribution in [0.2, 0.25) is 0 Å². The number of benzene rings is 1. The van der Waals surface area contributed by atoms with Gasteiger partial charge in [-0.05, 0) is 31.4 Å².